The van der Waals surface area contributed by atoms with Gasteiger partial charge in [0.2, 0.25) is 0 Å². The Labute approximate surface area is 513 Å². The van der Waals surface area contributed by atoms with Crippen molar-refractivity contribution in [2.45, 2.75) is 194 Å². The molecule has 19 N–H and O–H groups in total. The molecule has 6 aromatic rings. The van der Waals surface area contributed by atoms with Gasteiger partial charge in [-0.15, -0.1) is 15.3 Å². The average molecular weight is 1250 g/mol. The maximum absolute atomic E-state index is 12.0. The molecule has 0 amide bonds. The Bertz CT molecular complexity index is 3160. The summed E-state index contributed by atoms with van der Waals surface area (Å²) in [7, 11) is 2.16. The van der Waals surface area contributed by atoms with E-state index in [-0.39, 0.29) is 26.1 Å². The Morgan fingerprint density at radius 1 is 0.573 bits per heavy atom. The van der Waals surface area contributed by atoms with Crippen LogP contribution in [-0.4, -0.2) is 253 Å². The molecular formula is C57H87N19O13. The predicted molar refractivity (Wildman–Crippen MR) is 317 cm³/mol. The monoisotopic (exact) mass is 1250 g/mol. The first-order valence-electron chi connectivity index (χ1n) is 30.8. The number of rotatable bonds is 26. The maximum atomic E-state index is 12.0. The first-order chi connectivity index (χ1) is 43.0. The van der Waals surface area contributed by atoms with Crippen LogP contribution >= 0.6 is 0 Å². The number of piperazine rings is 1. The van der Waals surface area contributed by atoms with E-state index in [0.717, 1.165) is 111 Å². The lowest BCUT2D eigenvalue weighted by Gasteiger charge is -2.47. The first kappa shape index (κ1) is 64.7. The van der Waals surface area contributed by atoms with Crippen LogP contribution in [0.25, 0.3) is 22.4 Å². The van der Waals surface area contributed by atoms with E-state index in [9.17, 15) is 30.6 Å². The highest BCUT2D eigenvalue weighted by Crippen LogP contribution is 2.36. The summed E-state index contributed by atoms with van der Waals surface area (Å²) in [6.07, 6.45) is -8.68. The largest absolute Gasteiger partial charge is 0.487 e. The summed E-state index contributed by atoms with van der Waals surface area (Å²) in [5.41, 5.74) is 43.5. The summed E-state index contributed by atoms with van der Waals surface area (Å²) in [6.45, 7) is 5.51. The number of nitrogens with two attached hydrogens (primary N) is 6. The van der Waals surface area contributed by atoms with E-state index in [2.05, 4.69) is 71.0 Å². The number of aromatic amines is 1. The van der Waals surface area contributed by atoms with Gasteiger partial charge >= 0.3 is 0 Å². The zero-order valence-electron chi connectivity index (χ0n) is 49.8. The fourth-order valence-electron chi connectivity index (χ4n) is 12.1. The van der Waals surface area contributed by atoms with E-state index in [1.165, 1.54) is 10.4 Å². The summed E-state index contributed by atoms with van der Waals surface area (Å²) >= 11 is 0. The van der Waals surface area contributed by atoms with E-state index in [1.54, 1.807) is 6.20 Å². The lowest BCUT2D eigenvalue weighted by Crippen LogP contribution is -2.68. The van der Waals surface area contributed by atoms with Gasteiger partial charge in [-0.05, 0) is 101 Å². The van der Waals surface area contributed by atoms with Crippen molar-refractivity contribution in [2.24, 2.45) is 34.4 Å². The van der Waals surface area contributed by atoms with Crippen molar-refractivity contribution in [1.82, 2.24) is 59.8 Å². The number of unbranched alkanes of at least 4 members (excludes halogenated alkanes) is 3. The second kappa shape index (κ2) is 29.2. The van der Waals surface area contributed by atoms with E-state index in [0.29, 0.717) is 25.1 Å². The van der Waals surface area contributed by atoms with Gasteiger partial charge < -0.3 is 113 Å². The number of fused-ring (bicyclic) bond motifs is 1. The Morgan fingerprint density at radius 3 is 1.76 bits per heavy atom. The molecule has 8 heterocycles. The number of nitrogens with one attached hydrogen (secondary N) is 1. The van der Waals surface area contributed by atoms with Crippen LogP contribution < -0.4 is 44.0 Å². The number of likely N-dealkylation sites (N-methyl/N-ethyl adjacent to an activating group) is 1. The molecule has 89 heavy (non-hydrogen) atoms. The minimum absolute atomic E-state index is 0.0398. The van der Waals surface area contributed by atoms with Gasteiger partial charge in [-0.25, -0.2) is 9.67 Å². The number of aromatic nitrogens is 11. The third-order valence-corrected chi connectivity index (χ3v) is 17.6. The summed E-state index contributed by atoms with van der Waals surface area (Å²) in [4.78, 5) is 13.1. The van der Waals surface area contributed by atoms with Crippen molar-refractivity contribution in [2.75, 3.05) is 51.2 Å². The van der Waals surface area contributed by atoms with Crippen LogP contribution in [0.2, 0.25) is 0 Å². The number of hydrogen-bond acceptors (Lipinski definition) is 28. The summed E-state index contributed by atoms with van der Waals surface area (Å²) < 4.78 is 48.1. The summed E-state index contributed by atoms with van der Waals surface area (Å²) in [6, 6.07) is 10.0. The number of benzene rings is 2. The number of H-pyrrole nitrogens is 1. The molecule has 9 unspecified atom stereocenters. The standard InChI is InChI=1S/C57H87N19O13/c1-72-17-19-73(20-18-72)34-11-14-38-39(21-34)65-54(64-38)30-9-12-35(13-10-30)83-29-33-27-75(70-68-33)16-6-2-5-15-74-25-31(66-69-74)7-3-4-8-32-26-76(71-67-32)28-42-52(88-56-44(63)49(81)47(79)41(24-59)85-56)50(82)57(86-42)89-53-45(77)36(60)22-37(61)51(53)87-55-43(62)48(80)46(78)40(23-58)84-55/h9-14,21,25-27,36-37,40-53,55-57,77-82H,2-8,15-20,22-24,28-29,58-63H2,1H3,(H,64,65)/t36?,37?,40?,41-,42+,43+,44?,45-,46-,47?,48+,49?,50-,51-,52-,53+,55?,56?,57?/m0/s1. The van der Waals surface area contributed by atoms with Crippen molar-refractivity contribution in [3.63, 3.8) is 0 Å². The number of aliphatic hydroxyl groups is 6. The molecule has 488 valence electrons. The van der Waals surface area contributed by atoms with Gasteiger partial charge in [0.1, 0.15) is 91.0 Å². The average Bonchev–Trinajstić information content (AvgIpc) is 2.27. The van der Waals surface area contributed by atoms with Crippen molar-refractivity contribution >= 4 is 16.7 Å². The van der Waals surface area contributed by atoms with E-state index < -0.39 is 116 Å². The van der Waals surface area contributed by atoms with Crippen molar-refractivity contribution in [3.05, 3.63) is 78.1 Å². The third-order valence-electron chi connectivity index (χ3n) is 17.6. The lowest BCUT2D eigenvalue weighted by molar-refractivity contribution is -0.306. The Morgan fingerprint density at radius 2 is 1.13 bits per heavy atom. The molecule has 19 atom stereocenters. The Hall–Kier alpha value is -5.83. The first-order valence-corrected chi connectivity index (χ1v) is 30.8. The zero-order valence-corrected chi connectivity index (χ0v) is 49.8. The van der Waals surface area contributed by atoms with Crippen LogP contribution in [0, 0.1) is 0 Å². The lowest BCUT2D eigenvalue weighted by atomic mass is 9.84. The molecule has 2 aromatic carbocycles. The predicted octanol–water partition coefficient (Wildman–Crippen LogP) is -4.10. The number of hydrogen-bond donors (Lipinski definition) is 13. The molecule has 1 aliphatic carbocycles. The van der Waals surface area contributed by atoms with E-state index in [1.807, 2.05) is 46.0 Å². The molecule has 5 fully saturated rings. The van der Waals surface area contributed by atoms with Crippen LogP contribution in [0.5, 0.6) is 5.75 Å². The van der Waals surface area contributed by atoms with Gasteiger partial charge in [0, 0.05) is 88.1 Å². The number of ether oxygens (including phenoxy) is 7. The van der Waals surface area contributed by atoms with Gasteiger partial charge in [-0.2, -0.15) is 0 Å². The fourth-order valence-corrected chi connectivity index (χ4v) is 12.1. The fraction of sp³-hybridized carbons (Fsp3) is 0.667. The molecule has 0 radical (unpaired) electrons. The third kappa shape index (κ3) is 15.2. The number of nitrogens with zero attached hydrogens (tertiary/aromatic N) is 12. The zero-order chi connectivity index (χ0) is 62.5. The van der Waals surface area contributed by atoms with Crippen molar-refractivity contribution in [3.8, 4) is 17.1 Å². The summed E-state index contributed by atoms with van der Waals surface area (Å²) in [5, 5.41) is 92.0. The van der Waals surface area contributed by atoms with Crippen LogP contribution in [0.15, 0.2) is 61.1 Å². The van der Waals surface area contributed by atoms with E-state index in [4.69, 9.17) is 72.5 Å². The van der Waals surface area contributed by atoms with E-state index >= 15 is 0 Å². The number of imidazole rings is 1. The van der Waals surface area contributed by atoms with Crippen LogP contribution in [0.1, 0.15) is 55.6 Å². The molecule has 4 aliphatic heterocycles. The van der Waals surface area contributed by atoms with Gasteiger partial charge in [0.15, 0.2) is 18.9 Å². The molecule has 0 bridgehead atoms. The minimum Gasteiger partial charge on any atom is -0.487 e. The molecule has 4 aromatic heterocycles. The van der Waals surface area contributed by atoms with Gasteiger partial charge in [0.05, 0.1) is 53.4 Å². The SMILES string of the molecule is CN1CCN(c2ccc3nc(-c4ccc(OCc5cn(CCCCCn6cc(CCCCc7cn(C[C@H]8OC(O[C@@H]9[C@@H](O)C(N)CC(N)[C@@H]9OC9OC(CN)[C@H](O)[C@H](O)[C@H]9N)[C@@H](O)[C@H]8OC8O[C@@H](CN)C(O)C(O)C8N)nn7)nn6)nn5)cc4)[nH]c3c2)CC1. The quantitative estimate of drug-likeness (QED) is 0.0230. The van der Waals surface area contributed by atoms with Gasteiger partial charge in [-0.1, -0.05) is 15.6 Å². The molecule has 32 nitrogen and oxygen atoms in total. The molecule has 5 aliphatic rings. The Kier molecular flexibility index (Phi) is 21.2. The van der Waals surface area contributed by atoms with Crippen LogP contribution in [-0.2, 0) is 67.5 Å². The topological polar surface area (TPSA) is 469 Å². The Balaban J connectivity index is 0.617. The number of anilines is 1. The second-order valence-corrected chi connectivity index (χ2v) is 24.1. The maximum Gasteiger partial charge on any atom is 0.187 e. The highest BCUT2D eigenvalue weighted by molar-refractivity contribution is 5.83. The second-order valence-electron chi connectivity index (χ2n) is 24.1. The molecule has 32 heteroatoms. The van der Waals surface area contributed by atoms with Crippen molar-refractivity contribution in [1.29, 1.82) is 0 Å². The van der Waals surface area contributed by atoms with Crippen molar-refractivity contribution < 1.29 is 63.8 Å². The molecule has 4 saturated heterocycles. The minimum atomic E-state index is -1.62. The number of aliphatic hydroxyl groups excluding tert-OH is 6. The summed E-state index contributed by atoms with van der Waals surface area (Å²) in [5.74, 6) is 1.55. The molecular weight excluding hydrogens is 1160 g/mol. The number of aryl methyl sites for hydroxylation is 4. The smallest absolute Gasteiger partial charge is 0.187 e. The van der Waals surface area contributed by atoms with Crippen LogP contribution in [0.4, 0.5) is 5.69 Å². The highest BCUT2D eigenvalue weighted by atomic mass is 16.8. The molecule has 0 spiro atoms. The highest BCUT2D eigenvalue weighted by Gasteiger charge is 2.55. The van der Waals surface area contributed by atoms with Gasteiger partial charge in [0.25, 0.3) is 0 Å². The molecule has 11 rings (SSSR count). The van der Waals surface area contributed by atoms with Gasteiger partial charge in [-0.3, -0.25) is 9.36 Å². The molecule has 1 saturated carbocycles. The van der Waals surface area contributed by atoms with Crippen LogP contribution in [0.3, 0.4) is 0 Å². The normalized spacial score (nSPS) is 33.0.